The highest BCUT2D eigenvalue weighted by Gasteiger charge is 2.35. The summed E-state index contributed by atoms with van der Waals surface area (Å²) < 4.78 is 24.3. The molecule has 1 aliphatic rings. The second kappa shape index (κ2) is 12.5. The van der Waals surface area contributed by atoms with E-state index in [0.29, 0.717) is 38.7 Å². The molecular weight excluding hydrogens is 540 g/mol. The fourth-order valence-electron chi connectivity index (χ4n) is 4.96. The van der Waals surface area contributed by atoms with Gasteiger partial charge in [0.1, 0.15) is 24.1 Å². The number of rotatable bonds is 10. The number of fused-ring (bicyclic) bond motifs is 2. The summed E-state index contributed by atoms with van der Waals surface area (Å²) in [4.78, 5) is 32.8. The minimum Gasteiger partial charge on any atom is -0.496 e. The number of benzene rings is 3. The van der Waals surface area contributed by atoms with Gasteiger partial charge >= 0.3 is 5.97 Å². The maximum absolute atomic E-state index is 14.2. The molecular formula is C32H32N2O6S. The molecule has 8 nitrogen and oxygen atoms in total. The van der Waals surface area contributed by atoms with Crippen molar-refractivity contribution in [2.24, 2.45) is 4.99 Å². The molecule has 1 atom stereocenters. The van der Waals surface area contributed by atoms with E-state index in [4.69, 9.17) is 23.9 Å². The van der Waals surface area contributed by atoms with Gasteiger partial charge in [-0.3, -0.25) is 9.36 Å². The molecule has 0 bridgehead atoms. The van der Waals surface area contributed by atoms with Gasteiger partial charge in [-0.15, -0.1) is 0 Å². The highest BCUT2D eigenvalue weighted by molar-refractivity contribution is 7.07. The van der Waals surface area contributed by atoms with Crippen LogP contribution in [0.1, 0.15) is 37.4 Å². The molecule has 4 aromatic rings. The van der Waals surface area contributed by atoms with Gasteiger partial charge in [0.25, 0.3) is 5.56 Å². The first-order valence-electron chi connectivity index (χ1n) is 13.4. The van der Waals surface area contributed by atoms with E-state index in [-0.39, 0.29) is 24.3 Å². The summed E-state index contributed by atoms with van der Waals surface area (Å²) in [7, 11) is 3.10. The molecule has 2 heterocycles. The van der Waals surface area contributed by atoms with Crippen LogP contribution in [-0.4, -0.2) is 44.6 Å². The summed E-state index contributed by atoms with van der Waals surface area (Å²) in [5.74, 6) is 0.697. The smallest absolute Gasteiger partial charge is 0.338 e. The molecule has 3 aromatic carbocycles. The van der Waals surface area contributed by atoms with Crippen LogP contribution in [0, 0.1) is 0 Å². The van der Waals surface area contributed by atoms with Crippen molar-refractivity contribution in [3.8, 4) is 11.5 Å². The van der Waals surface area contributed by atoms with Crippen molar-refractivity contribution in [3.63, 3.8) is 0 Å². The van der Waals surface area contributed by atoms with Crippen LogP contribution in [0.15, 0.2) is 81.7 Å². The Hall–Kier alpha value is -4.21. The largest absolute Gasteiger partial charge is 0.496 e. The van der Waals surface area contributed by atoms with Crippen molar-refractivity contribution in [3.05, 3.63) is 103 Å². The van der Waals surface area contributed by atoms with Gasteiger partial charge in [-0.25, -0.2) is 9.79 Å². The van der Waals surface area contributed by atoms with Gasteiger partial charge in [0.2, 0.25) is 0 Å². The number of thiazole rings is 1. The molecule has 0 spiro atoms. The molecule has 9 heteroatoms. The number of hydrogen-bond donors (Lipinski definition) is 0. The van der Waals surface area contributed by atoms with E-state index in [9.17, 15) is 9.59 Å². The third-order valence-corrected chi connectivity index (χ3v) is 7.85. The minimum absolute atomic E-state index is 0.0802. The summed E-state index contributed by atoms with van der Waals surface area (Å²) in [6, 6.07) is 18.5. The Morgan fingerprint density at radius 1 is 1.00 bits per heavy atom. The third-order valence-electron chi connectivity index (χ3n) is 6.86. The van der Waals surface area contributed by atoms with Crippen LogP contribution in [-0.2, 0) is 14.3 Å². The molecule has 0 amide bonds. The average Bonchev–Trinajstić information content (AvgIpc) is 3.29. The monoisotopic (exact) mass is 572 g/mol. The van der Waals surface area contributed by atoms with Crippen LogP contribution in [0.25, 0.3) is 16.8 Å². The van der Waals surface area contributed by atoms with Crippen molar-refractivity contribution in [2.45, 2.75) is 26.3 Å². The Morgan fingerprint density at radius 3 is 2.56 bits per heavy atom. The van der Waals surface area contributed by atoms with Gasteiger partial charge in [-0.2, -0.15) is 0 Å². The highest BCUT2D eigenvalue weighted by atomic mass is 32.1. The average molecular weight is 573 g/mol. The van der Waals surface area contributed by atoms with Crippen LogP contribution in [0.4, 0.5) is 0 Å². The SMILES string of the molecule is CCCOc1ccc2ccccc2c1C=c1sc2n(c1=O)C(c1ccccc1OC)C(C(=O)OCCOC)=C(C)N=2. The van der Waals surface area contributed by atoms with Crippen LogP contribution >= 0.6 is 11.3 Å². The van der Waals surface area contributed by atoms with Gasteiger partial charge in [0, 0.05) is 18.2 Å². The molecule has 0 radical (unpaired) electrons. The van der Waals surface area contributed by atoms with Crippen molar-refractivity contribution >= 4 is 34.2 Å². The van der Waals surface area contributed by atoms with Gasteiger partial charge in [0.15, 0.2) is 4.80 Å². The van der Waals surface area contributed by atoms with E-state index >= 15 is 0 Å². The van der Waals surface area contributed by atoms with Crippen LogP contribution in [0.3, 0.4) is 0 Å². The lowest BCUT2D eigenvalue weighted by atomic mass is 9.95. The van der Waals surface area contributed by atoms with Crippen LogP contribution in [0.5, 0.6) is 11.5 Å². The Bertz CT molecular complexity index is 1800. The van der Waals surface area contributed by atoms with Crippen LogP contribution in [0.2, 0.25) is 0 Å². The van der Waals surface area contributed by atoms with E-state index in [1.807, 2.05) is 66.7 Å². The molecule has 0 aliphatic carbocycles. The lowest BCUT2D eigenvalue weighted by Gasteiger charge is -2.26. The second-order valence-electron chi connectivity index (χ2n) is 9.50. The Balaban J connectivity index is 1.74. The summed E-state index contributed by atoms with van der Waals surface area (Å²) >= 11 is 1.27. The van der Waals surface area contributed by atoms with E-state index in [0.717, 1.165) is 22.8 Å². The van der Waals surface area contributed by atoms with Gasteiger partial charge in [0.05, 0.1) is 36.1 Å². The predicted octanol–water partition coefficient (Wildman–Crippen LogP) is 4.38. The quantitative estimate of drug-likeness (QED) is 0.207. The maximum atomic E-state index is 14.2. The standard InChI is InChI=1S/C32H32N2O6S/c1-5-16-39-26-15-14-21-10-6-7-11-22(21)24(26)19-27-30(35)34-29(23-12-8-9-13-25(23)38-4)28(20(2)33-32(34)41-27)31(36)40-18-17-37-3/h6-15,19,29H,5,16-18H2,1-4H3. The summed E-state index contributed by atoms with van der Waals surface area (Å²) in [6.45, 7) is 4.70. The first kappa shape index (κ1) is 28.3. The molecule has 0 saturated heterocycles. The number of carbonyl (C=O) groups excluding carboxylic acids is 1. The normalized spacial score (nSPS) is 15.0. The Morgan fingerprint density at radius 2 is 1.78 bits per heavy atom. The fourth-order valence-corrected chi connectivity index (χ4v) is 5.99. The van der Waals surface area contributed by atoms with Crippen molar-refractivity contribution in [1.82, 2.24) is 4.57 Å². The van der Waals surface area contributed by atoms with Crippen molar-refractivity contribution in [1.29, 1.82) is 0 Å². The fraction of sp³-hybridized carbons (Fsp3) is 0.281. The number of para-hydroxylation sites is 1. The number of esters is 1. The first-order chi connectivity index (χ1) is 20.0. The number of aromatic nitrogens is 1. The molecule has 5 rings (SSSR count). The molecule has 0 fully saturated rings. The molecule has 0 saturated carbocycles. The van der Waals surface area contributed by atoms with E-state index in [1.54, 1.807) is 18.6 Å². The Kier molecular flexibility index (Phi) is 8.66. The van der Waals surface area contributed by atoms with E-state index in [1.165, 1.54) is 18.4 Å². The van der Waals surface area contributed by atoms with E-state index < -0.39 is 12.0 Å². The lowest BCUT2D eigenvalue weighted by Crippen LogP contribution is -2.40. The maximum Gasteiger partial charge on any atom is 0.338 e. The van der Waals surface area contributed by atoms with Crippen LogP contribution < -0.4 is 24.4 Å². The minimum atomic E-state index is -0.789. The first-order valence-corrected chi connectivity index (χ1v) is 14.3. The third kappa shape index (κ3) is 5.55. The number of methoxy groups -OCH3 is 2. The predicted molar refractivity (Wildman–Crippen MR) is 159 cm³/mol. The Labute approximate surface area is 241 Å². The zero-order valence-electron chi connectivity index (χ0n) is 23.5. The number of nitrogens with zero attached hydrogens (tertiary/aromatic N) is 2. The molecule has 0 N–H and O–H groups in total. The highest BCUT2D eigenvalue weighted by Crippen LogP contribution is 2.36. The molecule has 212 valence electrons. The summed E-state index contributed by atoms with van der Waals surface area (Å²) in [6.07, 6.45) is 2.72. The number of carbonyl (C=O) groups is 1. The van der Waals surface area contributed by atoms with Gasteiger partial charge < -0.3 is 18.9 Å². The number of allylic oxidation sites excluding steroid dienone is 1. The molecule has 1 unspecified atom stereocenters. The van der Waals surface area contributed by atoms with Gasteiger partial charge in [-0.05, 0) is 42.3 Å². The zero-order chi connectivity index (χ0) is 28.9. The molecule has 41 heavy (non-hydrogen) atoms. The van der Waals surface area contributed by atoms with Crippen molar-refractivity contribution in [2.75, 3.05) is 34.0 Å². The zero-order valence-corrected chi connectivity index (χ0v) is 24.3. The number of hydrogen-bond acceptors (Lipinski definition) is 8. The summed E-state index contributed by atoms with van der Waals surface area (Å²) in [5.41, 5.74) is 1.97. The number of ether oxygens (including phenoxy) is 4. The topological polar surface area (TPSA) is 88.4 Å². The van der Waals surface area contributed by atoms with Crippen molar-refractivity contribution < 1.29 is 23.7 Å². The lowest BCUT2D eigenvalue weighted by molar-refractivity contribution is -0.140. The molecule has 1 aromatic heterocycles. The second-order valence-corrected chi connectivity index (χ2v) is 10.5. The van der Waals surface area contributed by atoms with Gasteiger partial charge in [-0.1, -0.05) is 66.8 Å². The summed E-state index contributed by atoms with van der Waals surface area (Å²) in [5, 5.41) is 2.02. The van der Waals surface area contributed by atoms with E-state index in [2.05, 4.69) is 6.92 Å². The molecule has 1 aliphatic heterocycles.